The van der Waals surface area contributed by atoms with E-state index in [4.69, 9.17) is 13.9 Å². The van der Waals surface area contributed by atoms with E-state index in [1.54, 1.807) is 6.92 Å². The third-order valence-corrected chi connectivity index (χ3v) is 11.8. The van der Waals surface area contributed by atoms with Crippen LogP contribution in [-0.2, 0) is 14.0 Å². The van der Waals surface area contributed by atoms with Gasteiger partial charge in [-0.15, -0.1) is 0 Å². The molecule has 1 aromatic carbocycles. The first-order chi connectivity index (χ1) is 14.2. The molecule has 0 bridgehead atoms. The lowest BCUT2D eigenvalue weighted by molar-refractivity contribution is -0.149. The lowest BCUT2D eigenvalue weighted by Crippen LogP contribution is -2.50. The predicted octanol–water partition coefficient (Wildman–Crippen LogP) is 5.49. The zero-order chi connectivity index (χ0) is 23.3. The Kier molecular flexibility index (Phi) is 6.57. The predicted molar refractivity (Wildman–Crippen MR) is 116 cm³/mol. The van der Waals surface area contributed by atoms with Gasteiger partial charge < -0.3 is 19.0 Å². The topological polar surface area (TPSA) is 65.0 Å². The first kappa shape index (κ1) is 24.1. The van der Waals surface area contributed by atoms with Crippen molar-refractivity contribution in [2.75, 3.05) is 0 Å². The fourth-order valence-electron chi connectivity index (χ4n) is 4.06. The Balaban J connectivity index is 1.79. The Bertz CT molecular complexity index is 832. The zero-order valence-corrected chi connectivity index (χ0v) is 20.4. The molecule has 2 aliphatic rings. The Labute approximate surface area is 184 Å². The molecular formula is C23H34F2O5Si. The van der Waals surface area contributed by atoms with Crippen LogP contribution >= 0.6 is 0 Å². The Morgan fingerprint density at radius 2 is 1.77 bits per heavy atom. The summed E-state index contributed by atoms with van der Waals surface area (Å²) in [7, 11) is -1.92. The van der Waals surface area contributed by atoms with Crippen LogP contribution in [-0.4, -0.2) is 43.8 Å². The third kappa shape index (κ3) is 4.66. The Hall–Kier alpha value is -1.51. The fourth-order valence-corrected chi connectivity index (χ4v) is 5.44. The molecule has 0 radical (unpaired) electrons. The van der Waals surface area contributed by atoms with E-state index >= 15 is 0 Å². The molecule has 1 aromatic rings. The first-order valence-electron chi connectivity index (χ1n) is 10.9. The van der Waals surface area contributed by atoms with Gasteiger partial charge in [-0.2, -0.15) is 4.39 Å². The molecule has 8 heteroatoms. The minimum atomic E-state index is -1.92. The summed E-state index contributed by atoms with van der Waals surface area (Å²) in [5.41, 5.74) is 0.344. The van der Waals surface area contributed by atoms with Gasteiger partial charge in [-0.3, -0.25) is 0 Å². The average molecular weight is 457 g/mol. The molecule has 0 spiro atoms. The summed E-state index contributed by atoms with van der Waals surface area (Å²) in [6.07, 6.45) is -0.532. The summed E-state index contributed by atoms with van der Waals surface area (Å²) >= 11 is 0. The van der Waals surface area contributed by atoms with Crippen LogP contribution in [0.1, 0.15) is 58.9 Å². The van der Waals surface area contributed by atoms with Gasteiger partial charge in [0.1, 0.15) is 6.10 Å². The molecule has 1 saturated heterocycles. The standard InChI is InChI=1S/C23H34F2O5Si/c1-12-13(2)28-21(22(26)27)18(12)16-8-9-17(24)19(25)20(16)29-14-10-15(11-14)30-31(6,7)23(3,4)5/h8-9,12-15,18,21H,10-11H2,1-7H3,(H,26,27)/t12-,13-,14?,15?,18+,21-/m1/s1. The van der Waals surface area contributed by atoms with Crippen molar-refractivity contribution in [2.24, 2.45) is 5.92 Å². The molecule has 4 atom stereocenters. The van der Waals surface area contributed by atoms with Gasteiger partial charge >= 0.3 is 5.97 Å². The fraction of sp³-hybridized carbons (Fsp3) is 0.696. The van der Waals surface area contributed by atoms with Gasteiger partial charge in [0.25, 0.3) is 0 Å². The quantitative estimate of drug-likeness (QED) is 0.574. The highest BCUT2D eigenvalue weighted by Crippen LogP contribution is 2.46. The van der Waals surface area contributed by atoms with E-state index in [0.717, 1.165) is 6.07 Å². The van der Waals surface area contributed by atoms with Crippen molar-refractivity contribution >= 4 is 14.3 Å². The van der Waals surface area contributed by atoms with Crippen LogP contribution in [0.3, 0.4) is 0 Å². The second kappa shape index (κ2) is 8.44. The highest BCUT2D eigenvalue weighted by molar-refractivity contribution is 6.74. The second-order valence-electron chi connectivity index (χ2n) is 10.5. The summed E-state index contributed by atoms with van der Waals surface area (Å²) in [5, 5.41) is 9.68. The largest absolute Gasteiger partial charge is 0.487 e. The van der Waals surface area contributed by atoms with Crippen molar-refractivity contribution in [3.05, 3.63) is 29.3 Å². The lowest BCUT2D eigenvalue weighted by atomic mass is 9.82. The van der Waals surface area contributed by atoms with E-state index in [1.807, 2.05) is 6.92 Å². The van der Waals surface area contributed by atoms with Crippen molar-refractivity contribution in [1.82, 2.24) is 0 Å². The highest BCUT2D eigenvalue weighted by atomic mass is 28.4. The number of benzene rings is 1. The van der Waals surface area contributed by atoms with E-state index in [0.29, 0.717) is 18.4 Å². The van der Waals surface area contributed by atoms with Crippen LogP contribution in [0.25, 0.3) is 0 Å². The molecule has 2 fully saturated rings. The van der Waals surface area contributed by atoms with Gasteiger partial charge in [-0.25, -0.2) is 9.18 Å². The molecule has 1 aliphatic carbocycles. The number of halogens is 2. The van der Waals surface area contributed by atoms with Crippen molar-refractivity contribution < 1.29 is 32.6 Å². The molecule has 0 amide bonds. The van der Waals surface area contributed by atoms with Gasteiger partial charge in [0.2, 0.25) is 5.82 Å². The van der Waals surface area contributed by atoms with Crippen LogP contribution in [0, 0.1) is 17.6 Å². The second-order valence-corrected chi connectivity index (χ2v) is 15.2. The zero-order valence-electron chi connectivity index (χ0n) is 19.4. The maximum Gasteiger partial charge on any atom is 0.333 e. The van der Waals surface area contributed by atoms with Gasteiger partial charge in [0, 0.05) is 24.3 Å². The minimum Gasteiger partial charge on any atom is -0.487 e. The summed E-state index contributed by atoms with van der Waals surface area (Å²) in [6, 6.07) is 2.45. The molecule has 1 aliphatic heterocycles. The molecule has 3 rings (SSSR count). The number of carbonyl (C=O) groups is 1. The van der Waals surface area contributed by atoms with Gasteiger partial charge in [0.15, 0.2) is 26.0 Å². The number of carboxylic acid groups (broad SMARTS) is 1. The van der Waals surface area contributed by atoms with E-state index in [-0.39, 0.29) is 35.0 Å². The van der Waals surface area contributed by atoms with E-state index in [1.165, 1.54) is 6.07 Å². The Morgan fingerprint density at radius 1 is 1.16 bits per heavy atom. The number of hydrogen-bond acceptors (Lipinski definition) is 4. The first-order valence-corrected chi connectivity index (χ1v) is 13.8. The van der Waals surface area contributed by atoms with Crippen molar-refractivity contribution in [1.29, 1.82) is 0 Å². The van der Waals surface area contributed by atoms with Gasteiger partial charge in [-0.05, 0) is 37.0 Å². The van der Waals surface area contributed by atoms with E-state index in [9.17, 15) is 18.7 Å². The van der Waals surface area contributed by atoms with E-state index < -0.39 is 37.9 Å². The maximum absolute atomic E-state index is 14.8. The van der Waals surface area contributed by atoms with Crippen LogP contribution < -0.4 is 4.74 Å². The number of hydrogen-bond donors (Lipinski definition) is 1. The monoisotopic (exact) mass is 456 g/mol. The number of carboxylic acids is 1. The normalized spacial score (nSPS) is 31.4. The molecule has 1 N–H and O–H groups in total. The maximum atomic E-state index is 14.8. The molecule has 31 heavy (non-hydrogen) atoms. The molecule has 1 saturated carbocycles. The smallest absolute Gasteiger partial charge is 0.333 e. The third-order valence-electron chi connectivity index (χ3n) is 7.28. The molecule has 5 nitrogen and oxygen atoms in total. The lowest BCUT2D eigenvalue weighted by Gasteiger charge is -2.44. The minimum absolute atomic E-state index is 0.0338. The van der Waals surface area contributed by atoms with Crippen LogP contribution in [0.15, 0.2) is 12.1 Å². The van der Waals surface area contributed by atoms with Crippen molar-refractivity contribution in [3.8, 4) is 5.75 Å². The van der Waals surface area contributed by atoms with E-state index in [2.05, 4.69) is 33.9 Å². The molecule has 0 unspecified atom stereocenters. The van der Waals surface area contributed by atoms with Gasteiger partial charge in [0.05, 0.1) is 12.2 Å². The molecule has 1 heterocycles. The average Bonchev–Trinajstić information content (AvgIpc) is 2.91. The summed E-state index contributed by atoms with van der Waals surface area (Å²) in [4.78, 5) is 11.7. The van der Waals surface area contributed by atoms with Crippen molar-refractivity contribution in [2.45, 2.75) is 95.9 Å². The summed E-state index contributed by atoms with van der Waals surface area (Å²) in [5.74, 6) is -4.23. The van der Waals surface area contributed by atoms with Gasteiger partial charge in [-0.1, -0.05) is 33.8 Å². The molecule has 0 aromatic heterocycles. The Morgan fingerprint density at radius 3 is 2.32 bits per heavy atom. The number of aliphatic carboxylic acids is 1. The SMILES string of the molecule is C[C@H]1[C@@H](c2ccc(F)c(F)c2OC2CC(O[Si](C)(C)C(C)(C)C)C2)[C@H](C(=O)O)O[C@@H]1C. The molecule has 174 valence electrons. The highest BCUT2D eigenvalue weighted by Gasteiger charge is 2.47. The van der Waals surface area contributed by atoms with Crippen molar-refractivity contribution in [3.63, 3.8) is 0 Å². The summed E-state index contributed by atoms with van der Waals surface area (Å²) < 4.78 is 46.7. The van der Waals surface area contributed by atoms with Crippen LogP contribution in [0.5, 0.6) is 5.75 Å². The van der Waals surface area contributed by atoms with Crippen LogP contribution in [0.2, 0.25) is 18.1 Å². The molecular weight excluding hydrogens is 422 g/mol. The number of ether oxygens (including phenoxy) is 2. The van der Waals surface area contributed by atoms with Crippen LogP contribution in [0.4, 0.5) is 8.78 Å². The summed E-state index contributed by atoms with van der Waals surface area (Å²) in [6.45, 7) is 14.5. The number of rotatable bonds is 6.